The standard InChI is InChI=1S/C25H17FN2O3S/c26-15-7-9-16(10-8-15)28-24(30)19-20(25(28)31)22(23(29)18-6-3-13-32-18)27-12-11-14-4-1-2-5-17(14)21(19)27/h1-13,19-22H/t19-,20-,21-,22+/m1/s1. The molecule has 2 aromatic carbocycles. The lowest BCUT2D eigenvalue weighted by Gasteiger charge is -2.35. The van der Waals surface area contributed by atoms with Gasteiger partial charge in [0.1, 0.15) is 11.9 Å². The number of fused-ring (bicyclic) bond motifs is 5. The number of imide groups is 1. The Labute approximate surface area is 187 Å². The van der Waals surface area contributed by atoms with E-state index in [4.69, 9.17) is 0 Å². The van der Waals surface area contributed by atoms with E-state index in [9.17, 15) is 18.8 Å². The topological polar surface area (TPSA) is 57.7 Å². The van der Waals surface area contributed by atoms with Crippen LogP contribution in [0.15, 0.2) is 72.2 Å². The molecule has 32 heavy (non-hydrogen) atoms. The SMILES string of the molecule is O=C(c1cccs1)[C@@H]1[C@@H]2C(=O)N(c3ccc(F)cc3)C(=O)[C@H]2[C@H]2c3ccccc3C=CN12. The van der Waals surface area contributed by atoms with Crippen molar-refractivity contribution in [1.82, 2.24) is 4.90 Å². The molecule has 2 fully saturated rings. The smallest absolute Gasteiger partial charge is 0.240 e. The summed E-state index contributed by atoms with van der Waals surface area (Å²) in [5.41, 5.74) is 2.22. The van der Waals surface area contributed by atoms with Crippen molar-refractivity contribution < 1.29 is 18.8 Å². The molecule has 4 heterocycles. The maximum absolute atomic E-state index is 13.7. The second-order valence-corrected chi connectivity index (χ2v) is 9.11. The third-order valence-corrected chi connectivity index (χ3v) is 7.46. The van der Waals surface area contributed by atoms with Gasteiger partial charge in [0, 0.05) is 6.20 Å². The van der Waals surface area contributed by atoms with Crippen molar-refractivity contribution in [2.24, 2.45) is 11.8 Å². The molecular formula is C25H17FN2O3S. The van der Waals surface area contributed by atoms with Crippen molar-refractivity contribution >= 4 is 40.7 Å². The Morgan fingerprint density at radius 3 is 2.41 bits per heavy atom. The Morgan fingerprint density at radius 1 is 0.906 bits per heavy atom. The van der Waals surface area contributed by atoms with Gasteiger partial charge < -0.3 is 4.90 Å². The first-order chi connectivity index (χ1) is 15.6. The molecule has 158 valence electrons. The van der Waals surface area contributed by atoms with Crippen molar-refractivity contribution in [3.05, 3.63) is 94.1 Å². The molecule has 0 N–H and O–H groups in total. The summed E-state index contributed by atoms with van der Waals surface area (Å²) < 4.78 is 13.5. The maximum atomic E-state index is 13.7. The van der Waals surface area contributed by atoms with Crippen LogP contribution in [-0.4, -0.2) is 28.5 Å². The summed E-state index contributed by atoms with van der Waals surface area (Å²) >= 11 is 1.33. The highest BCUT2D eigenvalue weighted by molar-refractivity contribution is 7.12. The van der Waals surface area contributed by atoms with E-state index < -0.39 is 35.6 Å². The average Bonchev–Trinajstić information content (AvgIpc) is 3.51. The summed E-state index contributed by atoms with van der Waals surface area (Å²) in [5, 5.41) is 1.82. The second-order valence-electron chi connectivity index (χ2n) is 8.16. The normalized spacial score (nSPS) is 25.7. The van der Waals surface area contributed by atoms with Gasteiger partial charge in [-0.15, -0.1) is 11.3 Å². The van der Waals surface area contributed by atoms with Crippen LogP contribution in [0, 0.1) is 17.7 Å². The molecule has 2 amide bonds. The first kappa shape index (κ1) is 19.1. The third kappa shape index (κ3) is 2.58. The van der Waals surface area contributed by atoms with Crippen LogP contribution < -0.4 is 4.90 Å². The van der Waals surface area contributed by atoms with Gasteiger partial charge >= 0.3 is 0 Å². The van der Waals surface area contributed by atoms with Gasteiger partial charge in [0.2, 0.25) is 11.8 Å². The predicted molar refractivity (Wildman–Crippen MR) is 118 cm³/mol. The summed E-state index contributed by atoms with van der Waals surface area (Å²) in [4.78, 5) is 44.4. The highest BCUT2D eigenvalue weighted by atomic mass is 32.1. The van der Waals surface area contributed by atoms with E-state index in [1.54, 1.807) is 12.1 Å². The molecule has 0 aliphatic carbocycles. The van der Waals surface area contributed by atoms with E-state index in [1.165, 1.54) is 35.6 Å². The van der Waals surface area contributed by atoms with Gasteiger partial charge in [0.15, 0.2) is 5.78 Å². The van der Waals surface area contributed by atoms with Crippen LogP contribution >= 0.6 is 11.3 Å². The molecule has 0 spiro atoms. The molecule has 3 aliphatic heterocycles. The number of anilines is 1. The third-order valence-electron chi connectivity index (χ3n) is 6.58. The van der Waals surface area contributed by atoms with Gasteiger partial charge in [-0.3, -0.25) is 14.4 Å². The van der Waals surface area contributed by atoms with Crippen LogP contribution in [0.1, 0.15) is 26.8 Å². The van der Waals surface area contributed by atoms with Crippen LogP contribution in [0.2, 0.25) is 0 Å². The number of rotatable bonds is 3. The van der Waals surface area contributed by atoms with Crippen LogP contribution in [0.4, 0.5) is 10.1 Å². The summed E-state index contributed by atoms with van der Waals surface area (Å²) in [6.07, 6.45) is 3.76. The molecule has 4 atom stereocenters. The molecule has 0 unspecified atom stereocenters. The maximum Gasteiger partial charge on any atom is 0.240 e. The van der Waals surface area contributed by atoms with Gasteiger partial charge in [-0.1, -0.05) is 30.3 Å². The lowest BCUT2D eigenvalue weighted by molar-refractivity contribution is -0.123. The summed E-state index contributed by atoms with van der Waals surface area (Å²) in [6.45, 7) is 0. The highest BCUT2D eigenvalue weighted by Gasteiger charge is 2.64. The van der Waals surface area contributed by atoms with Crippen LogP contribution in [0.5, 0.6) is 0 Å². The summed E-state index contributed by atoms with van der Waals surface area (Å²) in [5.74, 6) is -2.90. The van der Waals surface area contributed by atoms with E-state index in [1.807, 2.05) is 46.8 Å². The molecule has 0 bridgehead atoms. The average molecular weight is 444 g/mol. The van der Waals surface area contributed by atoms with Crippen LogP contribution in [0.25, 0.3) is 6.08 Å². The molecule has 2 saturated heterocycles. The largest absolute Gasteiger partial charge is 0.358 e. The lowest BCUT2D eigenvalue weighted by atomic mass is 9.84. The molecule has 3 aliphatic rings. The number of ketones is 1. The number of thiophene rings is 1. The molecule has 5 nitrogen and oxygen atoms in total. The molecular weight excluding hydrogens is 427 g/mol. The van der Waals surface area contributed by atoms with Crippen molar-refractivity contribution in [1.29, 1.82) is 0 Å². The minimum atomic E-state index is -0.817. The van der Waals surface area contributed by atoms with Crippen molar-refractivity contribution in [2.75, 3.05) is 4.90 Å². The minimum Gasteiger partial charge on any atom is -0.358 e. The van der Waals surface area contributed by atoms with E-state index in [0.717, 1.165) is 16.0 Å². The van der Waals surface area contributed by atoms with E-state index in [0.29, 0.717) is 10.6 Å². The summed E-state index contributed by atoms with van der Waals surface area (Å²) in [7, 11) is 0. The number of hydrogen-bond acceptors (Lipinski definition) is 5. The van der Waals surface area contributed by atoms with E-state index in [-0.39, 0.29) is 11.7 Å². The number of hydrogen-bond donors (Lipinski definition) is 0. The fraction of sp³-hybridized carbons (Fsp3) is 0.160. The van der Waals surface area contributed by atoms with Gasteiger partial charge in [-0.2, -0.15) is 0 Å². The van der Waals surface area contributed by atoms with Gasteiger partial charge in [-0.25, -0.2) is 9.29 Å². The number of carbonyl (C=O) groups is 3. The predicted octanol–water partition coefficient (Wildman–Crippen LogP) is 4.29. The monoisotopic (exact) mass is 444 g/mol. The van der Waals surface area contributed by atoms with Crippen LogP contribution in [0.3, 0.4) is 0 Å². The fourth-order valence-corrected chi connectivity index (χ4v) is 5.96. The molecule has 7 heteroatoms. The van der Waals surface area contributed by atoms with Crippen molar-refractivity contribution in [3.63, 3.8) is 0 Å². The number of carbonyl (C=O) groups excluding carboxylic acids is 3. The van der Waals surface area contributed by atoms with Gasteiger partial charge in [-0.05, 0) is 52.9 Å². The van der Waals surface area contributed by atoms with Crippen LogP contribution in [-0.2, 0) is 9.59 Å². The molecule has 0 radical (unpaired) electrons. The Morgan fingerprint density at radius 2 is 1.66 bits per heavy atom. The molecule has 6 rings (SSSR count). The number of halogens is 1. The molecule has 1 aromatic heterocycles. The Balaban J connectivity index is 1.50. The zero-order valence-electron chi connectivity index (χ0n) is 16.7. The summed E-state index contributed by atoms with van der Waals surface area (Å²) in [6, 6.07) is 15.4. The Hall–Kier alpha value is -3.58. The Kier molecular flexibility index (Phi) is 4.16. The minimum absolute atomic E-state index is 0.163. The van der Waals surface area contributed by atoms with Gasteiger partial charge in [0.05, 0.1) is 28.4 Å². The number of Topliss-reactive ketones (excluding diaryl/α,β-unsaturated/α-hetero) is 1. The Bertz CT molecular complexity index is 1280. The zero-order chi connectivity index (χ0) is 22.0. The molecule has 0 saturated carbocycles. The van der Waals surface area contributed by atoms with Crippen molar-refractivity contribution in [2.45, 2.75) is 12.1 Å². The highest BCUT2D eigenvalue weighted by Crippen LogP contribution is 2.53. The second kappa shape index (κ2) is 6.97. The quantitative estimate of drug-likeness (QED) is 0.447. The number of amides is 2. The lowest BCUT2D eigenvalue weighted by Crippen LogP contribution is -2.44. The number of benzene rings is 2. The van der Waals surface area contributed by atoms with E-state index >= 15 is 0 Å². The van der Waals surface area contributed by atoms with E-state index in [2.05, 4.69) is 0 Å². The zero-order valence-corrected chi connectivity index (χ0v) is 17.5. The first-order valence-corrected chi connectivity index (χ1v) is 11.2. The fourth-order valence-electron chi connectivity index (χ4n) is 5.27. The van der Waals surface area contributed by atoms with Gasteiger partial charge in [0.25, 0.3) is 0 Å². The number of nitrogens with zero attached hydrogens (tertiary/aromatic N) is 2. The van der Waals surface area contributed by atoms with Crippen molar-refractivity contribution in [3.8, 4) is 0 Å². The first-order valence-electron chi connectivity index (χ1n) is 10.3. The molecule has 3 aromatic rings.